The van der Waals surface area contributed by atoms with Gasteiger partial charge in [-0.1, -0.05) is 194 Å². The molecule has 3 heteroatoms. The van der Waals surface area contributed by atoms with Gasteiger partial charge in [-0.15, -0.1) is 11.3 Å². The van der Waals surface area contributed by atoms with Gasteiger partial charge in [-0.25, -0.2) is 0 Å². The van der Waals surface area contributed by atoms with E-state index in [1.54, 1.807) is 0 Å². The number of hydrogen-bond acceptors (Lipinski definition) is 3. The summed E-state index contributed by atoms with van der Waals surface area (Å²) in [5.74, 6) is 0. The van der Waals surface area contributed by atoms with E-state index in [4.69, 9.17) is 4.42 Å². The van der Waals surface area contributed by atoms with Crippen molar-refractivity contribution < 1.29 is 4.42 Å². The third kappa shape index (κ3) is 6.79. The second-order valence-corrected chi connectivity index (χ2v) is 18.3. The highest BCUT2D eigenvalue weighted by Gasteiger charge is 2.27. The summed E-state index contributed by atoms with van der Waals surface area (Å²) in [6.07, 6.45) is 0. The molecule has 0 saturated heterocycles. The minimum atomic E-state index is 0.848. The molecule has 0 radical (unpaired) electrons. The van der Waals surface area contributed by atoms with Gasteiger partial charge < -0.3 is 9.32 Å². The molecule has 2 nitrogen and oxygen atoms in total. The minimum Gasteiger partial charge on any atom is -0.453 e. The van der Waals surface area contributed by atoms with Gasteiger partial charge in [0.2, 0.25) is 0 Å². The van der Waals surface area contributed by atoms with Crippen molar-refractivity contribution in [3.8, 4) is 55.6 Å². The van der Waals surface area contributed by atoms with Crippen LogP contribution in [0.25, 0.3) is 109 Å². The van der Waals surface area contributed by atoms with Crippen molar-refractivity contribution in [3.05, 3.63) is 249 Å². The zero-order valence-electron chi connectivity index (χ0n) is 36.4. The van der Waals surface area contributed by atoms with Gasteiger partial charge in [0.15, 0.2) is 5.58 Å². The number of hydrogen-bond donors (Lipinski definition) is 0. The lowest BCUT2D eigenvalue weighted by Crippen LogP contribution is -2.12. The predicted octanol–water partition coefficient (Wildman–Crippen LogP) is 18.9. The maximum absolute atomic E-state index is 7.31. The fourth-order valence-electron chi connectivity index (χ4n) is 9.97. The van der Waals surface area contributed by atoms with Crippen LogP contribution in [0.15, 0.2) is 253 Å². The average molecular weight is 872 g/mol. The van der Waals surface area contributed by atoms with Crippen LogP contribution in [0.1, 0.15) is 0 Å². The number of benzene rings is 11. The molecule has 0 spiro atoms. The van der Waals surface area contributed by atoms with Gasteiger partial charge in [0.1, 0.15) is 5.58 Å². The van der Waals surface area contributed by atoms with Crippen LogP contribution in [-0.2, 0) is 0 Å². The summed E-state index contributed by atoms with van der Waals surface area (Å²) in [7, 11) is 0. The smallest absolute Gasteiger partial charge is 0.160 e. The Kier molecular flexibility index (Phi) is 9.40. The number of furan rings is 1. The molecule has 2 aromatic heterocycles. The Morgan fingerprint density at radius 3 is 1.48 bits per heavy atom. The van der Waals surface area contributed by atoms with Crippen molar-refractivity contribution in [2.24, 2.45) is 0 Å². The lowest BCUT2D eigenvalue weighted by molar-refractivity contribution is 0.673. The number of fused-ring (bicyclic) bond motifs is 8. The highest BCUT2D eigenvalue weighted by Crippen LogP contribution is 2.52. The van der Waals surface area contributed by atoms with Crippen molar-refractivity contribution in [2.45, 2.75) is 0 Å². The molecule has 0 bridgehead atoms. The molecular formula is C64H41NOS. The van der Waals surface area contributed by atoms with Crippen molar-refractivity contribution in [2.75, 3.05) is 4.90 Å². The third-order valence-corrected chi connectivity index (χ3v) is 14.5. The predicted molar refractivity (Wildman–Crippen MR) is 286 cm³/mol. The van der Waals surface area contributed by atoms with Crippen molar-refractivity contribution in [1.29, 1.82) is 0 Å². The topological polar surface area (TPSA) is 16.4 Å². The minimum absolute atomic E-state index is 0.848. The SMILES string of the molecule is c1ccc(-c2ccc(N(c3c(-c4ccc(-c5cc(-c6ccccc6)cc(-c6ccccc6)c5)cc4)ccc4c3oc3c5ccccc5ccc43)c3cccc4c3sc3ccccc34)cc2)cc1. The van der Waals surface area contributed by atoms with Gasteiger partial charge in [0.25, 0.3) is 0 Å². The summed E-state index contributed by atoms with van der Waals surface area (Å²) in [6, 6.07) is 90.1. The highest BCUT2D eigenvalue weighted by atomic mass is 32.1. The summed E-state index contributed by atoms with van der Waals surface area (Å²) in [6.45, 7) is 0. The van der Waals surface area contributed by atoms with Crippen LogP contribution in [-0.4, -0.2) is 0 Å². The molecule has 0 aliphatic heterocycles. The summed E-state index contributed by atoms with van der Waals surface area (Å²) in [4.78, 5) is 2.46. The Morgan fingerprint density at radius 1 is 0.313 bits per heavy atom. The number of nitrogens with zero attached hydrogens (tertiary/aromatic N) is 1. The van der Waals surface area contributed by atoms with Gasteiger partial charge in [0, 0.05) is 42.9 Å². The largest absolute Gasteiger partial charge is 0.453 e. The van der Waals surface area contributed by atoms with Crippen LogP contribution < -0.4 is 4.90 Å². The standard InChI is InChI=1S/C64H41NOS/c1-4-15-42(16-5-1)45-31-34-52(35-32-45)65(59-25-14-24-58-55-23-12-13-26-60(55)67-64(58)59)61-53(37-38-57-56-36-33-47-21-10-11-22-54(47)62(56)66-63(57)61)48-29-27-46(28-30-48)51-40-49(43-17-6-2-7-18-43)39-50(41-51)44-19-8-3-9-20-44/h1-41H. The van der Waals surface area contributed by atoms with E-state index < -0.39 is 0 Å². The van der Waals surface area contributed by atoms with Crippen LogP contribution in [0.2, 0.25) is 0 Å². The fraction of sp³-hybridized carbons (Fsp3) is 0. The molecule has 0 N–H and O–H groups in total. The number of thiophene rings is 1. The van der Waals surface area contributed by atoms with Gasteiger partial charge in [0.05, 0.1) is 16.1 Å². The summed E-state index contributed by atoms with van der Waals surface area (Å²) in [5.41, 5.74) is 16.5. The molecule has 13 aromatic rings. The van der Waals surface area contributed by atoms with E-state index in [9.17, 15) is 0 Å². The molecule has 0 aliphatic carbocycles. The lowest BCUT2D eigenvalue weighted by atomic mass is 9.92. The molecule has 0 aliphatic rings. The quantitative estimate of drug-likeness (QED) is 0.151. The lowest BCUT2D eigenvalue weighted by Gasteiger charge is -2.28. The first-order valence-electron chi connectivity index (χ1n) is 22.8. The van der Waals surface area contributed by atoms with Crippen molar-refractivity contribution >= 4 is 81.3 Å². The Hall–Kier alpha value is -8.50. The third-order valence-electron chi connectivity index (χ3n) is 13.3. The van der Waals surface area contributed by atoms with Gasteiger partial charge >= 0.3 is 0 Å². The first kappa shape index (κ1) is 38.9. The second-order valence-electron chi connectivity index (χ2n) is 17.2. The van der Waals surface area contributed by atoms with E-state index in [-0.39, 0.29) is 0 Å². The van der Waals surface area contributed by atoms with Crippen LogP contribution in [0.3, 0.4) is 0 Å². The van der Waals surface area contributed by atoms with Crippen LogP contribution in [0.5, 0.6) is 0 Å². The van der Waals surface area contributed by atoms with Crippen molar-refractivity contribution in [3.63, 3.8) is 0 Å². The molecule has 0 saturated carbocycles. The van der Waals surface area contributed by atoms with Gasteiger partial charge in [-0.3, -0.25) is 0 Å². The molecular weight excluding hydrogens is 831 g/mol. The zero-order chi connectivity index (χ0) is 44.3. The van der Waals surface area contributed by atoms with E-state index >= 15 is 0 Å². The molecule has 2 heterocycles. The summed E-state index contributed by atoms with van der Waals surface area (Å²) in [5, 5.41) is 6.94. The molecule has 13 rings (SSSR count). The molecule has 0 unspecified atom stereocenters. The van der Waals surface area contributed by atoms with E-state index in [0.717, 1.165) is 66.5 Å². The first-order chi connectivity index (χ1) is 33.2. The number of anilines is 3. The fourth-order valence-corrected chi connectivity index (χ4v) is 11.2. The molecule has 0 amide bonds. The maximum atomic E-state index is 7.31. The van der Waals surface area contributed by atoms with Crippen molar-refractivity contribution in [1.82, 2.24) is 0 Å². The number of rotatable bonds is 8. The molecule has 0 fully saturated rings. The average Bonchev–Trinajstić information content (AvgIpc) is 3.99. The zero-order valence-corrected chi connectivity index (χ0v) is 37.3. The molecule has 11 aromatic carbocycles. The van der Waals surface area contributed by atoms with Crippen LogP contribution in [0.4, 0.5) is 17.1 Å². The van der Waals surface area contributed by atoms with E-state index in [2.05, 4.69) is 254 Å². The molecule has 67 heavy (non-hydrogen) atoms. The molecule has 0 atom stereocenters. The highest BCUT2D eigenvalue weighted by molar-refractivity contribution is 7.26. The Labute approximate surface area is 392 Å². The van der Waals surface area contributed by atoms with E-state index in [1.807, 2.05) is 11.3 Å². The monoisotopic (exact) mass is 871 g/mol. The van der Waals surface area contributed by atoms with E-state index in [1.165, 1.54) is 59.1 Å². The van der Waals surface area contributed by atoms with Gasteiger partial charge in [-0.05, 0) is 110 Å². The maximum Gasteiger partial charge on any atom is 0.160 e. The molecule has 314 valence electrons. The Morgan fingerprint density at radius 2 is 0.806 bits per heavy atom. The normalized spacial score (nSPS) is 11.6. The van der Waals surface area contributed by atoms with Crippen LogP contribution in [0, 0.1) is 0 Å². The second kappa shape index (κ2) is 16.2. The Balaban J connectivity index is 1.05. The summed E-state index contributed by atoms with van der Waals surface area (Å²) < 4.78 is 9.80. The van der Waals surface area contributed by atoms with Crippen LogP contribution >= 0.6 is 11.3 Å². The summed E-state index contributed by atoms with van der Waals surface area (Å²) >= 11 is 1.85. The first-order valence-corrected chi connectivity index (χ1v) is 23.6. The Bertz CT molecular complexity index is 3890. The van der Waals surface area contributed by atoms with Gasteiger partial charge in [-0.2, -0.15) is 0 Å². The van der Waals surface area contributed by atoms with E-state index in [0.29, 0.717) is 0 Å².